The number of amides is 2. The summed E-state index contributed by atoms with van der Waals surface area (Å²) >= 11 is 0. The van der Waals surface area contributed by atoms with E-state index in [9.17, 15) is 14.3 Å². The number of benzene rings is 2. The van der Waals surface area contributed by atoms with Gasteiger partial charge in [0.25, 0.3) is 0 Å². The minimum atomic E-state index is -0.501. The minimum Gasteiger partial charge on any atom is -0.507 e. The number of carbonyl (C=O) groups excluding carboxylic acids is 1. The first kappa shape index (κ1) is 21.2. The lowest BCUT2D eigenvalue weighted by atomic mass is 9.97. The molecule has 3 N–H and O–H groups in total. The van der Waals surface area contributed by atoms with E-state index in [0.29, 0.717) is 29.8 Å². The summed E-state index contributed by atoms with van der Waals surface area (Å²) in [6.07, 6.45) is 2.51. The molecule has 2 saturated heterocycles. The molecule has 0 bridgehead atoms. The van der Waals surface area contributed by atoms with Gasteiger partial charge in [0.15, 0.2) is 0 Å². The highest BCUT2D eigenvalue weighted by Crippen LogP contribution is 2.39. The summed E-state index contributed by atoms with van der Waals surface area (Å²) in [5.41, 5.74) is 2.82. The van der Waals surface area contributed by atoms with Crippen LogP contribution in [0.15, 0.2) is 54.7 Å². The molecular formula is C25H26FN5O2. The summed E-state index contributed by atoms with van der Waals surface area (Å²) in [5, 5.41) is 17.2. The highest BCUT2D eigenvalue weighted by Gasteiger charge is 2.23. The predicted molar refractivity (Wildman–Crippen MR) is 127 cm³/mol. The first-order valence-corrected chi connectivity index (χ1v) is 11.2. The van der Waals surface area contributed by atoms with Crippen molar-refractivity contribution < 1.29 is 14.3 Å². The van der Waals surface area contributed by atoms with Crippen molar-refractivity contribution in [3.8, 4) is 28.0 Å². The number of pyridine rings is 1. The van der Waals surface area contributed by atoms with Crippen molar-refractivity contribution in [2.75, 3.05) is 49.1 Å². The highest BCUT2D eigenvalue weighted by molar-refractivity contribution is 5.93. The van der Waals surface area contributed by atoms with Crippen LogP contribution in [0.2, 0.25) is 0 Å². The number of phenols is 1. The van der Waals surface area contributed by atoms with Gasteiger partial charge in [0.05, 0.1) is 5.69 Å². The van der Waals surface area contributed by atoms with Gasteiger partial charge in [-0.3, -0.25) is 4.90 Å². The molecule has 0 aliphatic carbocycles. The molecule has 3 aromatic rings. The number of urea groups is 1. The molecular weight excluding hydrogens is 421 g/mol. The van der Waals surface area contributed by atoms with Crippen molar-refractivity contribution in [3.05, 3.63) is 60.5 Å². The van der Waals surface area contributed by atoms with Crippen molar-refractivity contribution in [2.24, 2.45) is 0 Å². The lowest BCUT2D eigenvalue weighted by Gasteiger charge is -2.28. The number of phenolic OH excluding ortho intramolecular Hbond substituents is 1. The van der Waals surface area contributed by atoms with Gasteiger partial charge in [-0.05, 0) is 41.8 Å². The Bertz CT molecular complexity index is 1180. The quantitative estimate of drug-likeness (QED) is 0.570. The van der Waals surface area contributed by atoms with Crippen LogP contribution in [0.25, 0.3) is 22.3 Å². The number of aromatic hydroxyl groups is 1. The summed E-state index contributed by atoms with van der Waals surface area (Å²) in [6.45, 7) is 4.65. The number of halogens is 1. The third kappa shape index (κ3) is 4.21. The van der Waals surface area contributed by atoms with Crippen LogP contribution in [-0.4, -0.2) is 55.4 Å². The largest absolute Gasteiger partial charge is 0.507 e. The molecule has 0 saturated carbocycles. The Morgan fingerprint density at radius 2 is 1.70 bits per heavy atom. The van der Waals surface area contributed by atoms with E-state index in [2.05, 4.69) is 20.5 Å². The fourth-order valence-electron chi connectivity index (χ4n) is 4.41. The van der Waals surface area contributed by atoms with Gasteiger partial charge in [0.2, 0.25) is 0 Å². The van der Waals surface area contributed by atoms with Crippen LogP contribution < -0.4 is 20.4 Å². The molecule has 170 valence electrons. The molecule has 2 aromatic carbocycles. The topological polar surface area (TPSA) is 80.7 Å². The van der Waals surface area contributed by atoms with E-state index >= 15 is 0 Å². The van der Waals surface area contributed by atoms with Crippen molar-refractivity contribution in [1.29, 1.82) is 0 Å². The zero-order valence-corrected chi connectivity index (χ0v) is 18.2. The van der Waals surface area contributed by atoms with Gasteiger partial charge >= 0.3 is 6.03 Å². The maximum Gasteiger partial charge on any atom is 0.321 e. The predicted octanol–water partition coefficient (Wildman–Crippen LogP) is 3.59. The fourth-order valence-corrected chi connectivity index (χ4v) is 4.41. The summed E-state index contributed by atoms with van der Waals surface area (Å²) in [4.78, 5) is 20.2. The first-order valence-electron chi connectivity index (χ1n) is 11.2. The van der Waals surface area contributed by atoms with Crippen molar-refractivity contribution in [3.63, 3.8) is 0 Å². The number of aromatic nitrogens is 1. The Labute approximate surface area is 191 Å². The van der Waals surface area contributed by atoms with E-state index < -0.39 is 5.82 Å². The van der Waals surface area contributed by atoms with Crippen LogP contribution in [0, 0.1) is 5.82 Å². The van der Waals surface area contributed by atoms with Crippen LogP contribution >= 0.6 is 0 Å². The Balaban J connectivity index is 1.47. The first-order chi connectivity index (χ1) is 16.1. The van der Waals surface area contributed by atoms with Crippen LogP contribution in [-0.2, 0) is 0 Å². The minimum absolute atomic E-state index is 0.0813. The number of carbonyl (C=O) groups is 1. The number of hydrogen-bond acceptors (Lipinski definition) is 5. The molecule has 2 aliphatic rings. The van der Waals surface area contributed by atoms with Gasteiger partial charge in [0, 0.05) is 56.6 Å². The second-order valence-electron chi connectivity index (χ2n) is 8.24. The summed E-state index contributed by atoms with van der Waals surface area (Å²) in [5.74, 6) is 0.450. The molecule has 33 heavy (non-hydrogen) atoms. The Morgan fingerprint density at radius 3 is 2.42 bits per heavy atom. The zero-order chi connectivity index (χ0) is 22.8. The van der Waals surface area contributed by atoms with Gasteiger partial charge in [-0.15, -0.1) is 0 Å². The molecule has 0 spiro atoms. The van der Waals surface area contributed by atoms with E-state index in [1.807, 2.05) is 24.3 Å². The van der Waals surface area contributed by atoms with Crippen LogP contribution in [0.5, 0.6) is 5.75 Å². The lowest BCUT2D eigenvalue weighted by Crippen LogP contribution is -2.46. The molecule has 0 unspecified atom stereocenters. The van der Waals surface area contributed by atoms with Crippen LogP contribution in [0.1, 0.15) is 6.42 Å². The number of nitrogens with one attached hydrogen (secondary N) is 2. The van der Waals surface area contributed by atoms with Crippen molar-refractivity contribution >= 4 is 17.5 Å². The Kier molecular flexibility index (Phi) is 5.83. The average molecular weight is 448 g/mol. The molecule has 2 amide bonds. The van der Waals surface area contributed by atoms with Gasteiger partial charge < -0.3 is 20.6 Å². The second kappa shape index (κ2) is 9.07. The normalized spacial score (nSPS) is 16.6. The molecule has 2 fully saturated rings. The van der Waals surface area contributed by atoms with E-state index in [4.69, 9.17) is 0 Å². The smallest absolute Gasteiger partial charge is 0.321 e. The van der Waals surface area contributed by atoms with Gasteiger partial charge in [-0.1, -0.05) is 24.3 Å². The second-order valence-corrected chi connectivity index (χ2v) is 8.24. The number of rotatable bonds is 4. The van der Waals surface area contributed by atoms with Crippen molar-refractivity contribution in [1.82, 2.24) is 15.6 Å². The molecule has 3 heterocycles. The van der Waals surface area contributed by atoms with Crippen molar-refractivity contribution in [2.45, 2.75) is 6.42 Å². The molecule has 5 rings (SSSR count). The Morgan fingerprint density at radius 1 is 0.939 bits per heavy atom. The number of anilines is 2. The molecule has 1 aromatic heterocycles. The van der Waals surface area contributed by atoms with Gasteiger partial charge in [0.1, 0.15) is 17.4 Å². The molecule has 7 nitrogen and oxygen atoms in total. The molecule has 0 atom stereocenters. The number of hydrogen-bond donors (Lipinski definition) is 3. The summed E-state index contributed by atoms with van der Waals surface area (Å²) in [6, 6.07) is 13.7. The Hall–Kier alpha value is -3.65. The SMILES string of the molecule is O=C1NCCCN1c1ccc(-c2cccc(-c3ccnc(N4CCNCC4)c3)c2O)cc1F. The lowest BCUT2D eigenvalue weighted by molar-refractivity contribution is 0.242. The van der Waals surface area contributed by atoms with E-state index in [-0.39, 0.29) is 17.5 Å². The third-order valence-corrected chi connectivity index (χ3v) is 6.16. The summed E-state index contributed by atoms with van der Waals surface area (Å²) in [7, 11) is 0. The molecule has 2 aliphatic heterocycles. The number of piperazine rings is 1. The maximum atomic E-state index is 15.0. The standard InChI is InChI=1S/C25H26FN5O2/c26-21-15-17(5-6-22(21)31-12-2-8-29-25(31)33)19-3-1-4-20(24(19)32)18-7-9-28-23(16-18)30-13-10-27-11-14-30/h1,3-7,9,15-16,27,32H,2,8,10-14H2,(H,29,33). The third-order valence-electron chi connectivity index (χ3n) is 6.16. The van der Waals surface area contributed by atoms with Gasteiger partial charge in [-0.25, -0.2) is 14.2 Å². The maximum absolute atomic E-state index is 15.0. The highest BCUT2D eigenvalue weighted by atomic mass is 19.1. The number of para-hydroxylation sites is 1. The van der Waals surface area contributed by atoms with E-state index in [1.165, 1.54) is 11.0 Å². The fraction of sp³-hybridized carbons (Fsp3) is 0.280. The monoisotopic (exact) mass is 447 g/mol. The van der Waals surface area contributed by atoms with E-state index in [1.54, 1.807) is 24.4 Å². The molecule has 0 radical (unpaired) electrons. The van der Waals surface area contributed by atoms with Gasteiger partial charge in [-0.2, -0.15) is 0 Å². The van der Waals surface area contributed by atoms with Crippen LogP contribution in [0.3, 0.4) is 0 Å². The summed E-state index contributed by atoms with van der Waals surface area (Å²) < 4.78 is 15.0. The van der Waals surface area contributed by atoms with E-state index in [0.717, 1.165) is 44.0 Å². The zero-order valence-electron chi connectivity index (χ0n) is 18.2. The molecule has 8 heteroatoms. The average Bonchev–Trinajstić information content (AvgIpc) is 2.85. The number of nitrogens with zero attached hydrogens (tertiary/aromatic N) is 3. The van der Waals surface area contributed by atoms with Crippen LogP contribution in [0.4, 0.5) is 20.7 Å².